The maximum atomic E-state index is 4.21. The molecule has 0 amide bonds. The molecule has 1 saturated carbocycles. The van der Waals surface area contributed by atoms with Gasteiger partial charge in [-0.05, 0) is 52.7 Å². The standard InChI is InChI=1S/C13H19BrN2/c1-10-2-4-11(5-3-10)8-15-12-6-7-13(14)16-9-12/h6-7,9-11,15H,2-5,8H2,1H3. The molecule has 0 aromatic carbocycles. The molecule has 2 nitrogen and oxygen atoms in total. The molecule has 1 heterocycles. The first-order valence-corrected chi connectivity index (χ1v) is 6.89. The lowest BCUT2D eigenvalue weighted by atomic mass is 9.83. The largest absolute Gasteiger partial charge is 0.384 e. The number of halogens is 1. The van der Waals surface area contributed by atoms with Crippen LogP contribution in [0.2, 0.25) is 0 Å². The van der Waals surface area contributed by atoms with Gasteiger partial charge in [0.1, 0.15) is 4.60 Å². The fourth-order valence-electron chi connectivity index (χ4n) is 2.28. The van der Waals surface area contributed by atoms with Crippen LogP contribution in [0.5, 0.6) is 0 Å². The third kappa shape index (κ3) is 3.48. The molecule has 16 heavy (non-hydrogen) atoms. The van der Waals surface area contributed by atoms with Gasteiger partial charge in [0.2, 0.25) is 0 Å². The van der Waals surface area contributed by atoms with E-state index in [9.17, 15) is 0 Å². The molecule has 1 N–H and O–H groups in total. The molecular formula is C13H19BrN2. The van der Waals surface area contributed by atoms with Crippen molar-refractivity contribution in [2.75, 3.05) is 11.9 Å². The van der Waals surface area contributed by atoms with Gasteiger partial charge in [0, 0.05) is 6.54 Å². The summed E-state index contributed by atoms with van der Waals surface area (Å²) in [4.78, 5) is 4.21. The quantitative estimate of drug-likeness (QED) is 0.845. The van der Waals surface area contributed by atoms with Crippen LogP contribution in [0, 0.1) is 11.8 Å². The van der Waals surface area contributed by atoms with Crippen molar-refractivity contribution in [3.05, 3.63) is 22.9 Å². The Labute approximate surface area is 106 Å². The summed E-state index contributed by atoms with van der Waals surface area (Å²) in [5, 5.41) is 3.47. The average Bonchev–Trinajstić information content (AvgIpc) is 2.30. The third-order valence-electron chi connectivity index (χ3n) is 3.46. The number of anilines is 1. The van der Waals surface area contributed by atoms with Crippen LogP contribution in [-0.4, -0.2) is 11.5 Å². The molecule has 3 heteroatoms. The van der Waals surface area contributed by atoms with Crippen molar-refractivity contribution >= 4 is 21.6 Å². The molecule has 0 atom stereocenters. The van der Waals surface area contributed by atoms with Gasteiger partial charge >= 0.3 is 0 Å². The number of hydrogen-bond donors (Lipinski definition) is 1. The van der Waals surface area contributed by atoms with Gasteiger partial charge in [-0.2, -0.15) is 0 Å². The Kier molecular flexibility index (Phi) is 4.22. The first kappa shape index (κ1) is 11.9. The molecule has 2 rings (SSSR count). The van der Waals surface area contributed by atoms with Crippen molar-refractivity contribution in [3.63, 3.8) is 0 Å². The zero-order valence-corrected chi connectivity index (χ0v) is 11.3. The van der Waals surface area contributed by atoms with E-state index in [1.165, 1.54) is 25.7 Å². The predicted octanol–water partition coefficient (Wildman–Crippen LogP) is 4.08. The van der Waals surface area contributed by atoms with Crippen LogP contribution >= 0.6 is 15.9 Å². The van der Waals surface area contributed by atoms with Crippen molar-refractivity contribution in [2.24, 2.45) is 11.8 Å². The van der Waals surface area contributed by atoms with Crippen molar-refractivity contribution in [1.82, 2.24) is 4.98 Å². The van der Waals surface area contributed by atoms with E-state index in [0.717, 1.165) is 28.7 Å². The summed E-state index contributed by atoms with van der Waals surface area (Å²) < 4.78 is 0.893. The van der Waals surface area contributed by atoms with Crippen LogP contribution < -0.4 is 5.32 Å². The lowest BCUT2D eigenvalue weighted by Crippen LogP contribution is -2.20. The number of hydrogen-bond acceptors (Lipinski definition) is 2. The van der Waals surface area contributed by atoms with Crippen LogP contribution in [-0.2, 0) is 0 Å². The average molecular weight is 283 g/mol. The highest BCUT2D eigenvalue weighted by atomic mass is 79.9. The molecule has 0 spiro atoms. The van der Waals surface area contributed by atoms with Gasteiger partial charge in [-0.1, -0.05) is 19.8 Å². The maximum Gasteiger partial charge on any atom is 0.106 e. The van der Waals surface area contributed by atoms with Gasteiger partial charge in [0.25, 0.3) is 0 Å². The Morgan fingerprint density at radius 3 is 2.69 bits per heavy atom. The summed E-state index contributed by atoms with van der Waals surface area (Å²) in [5.74, 6) is 1.78. The highest BCUT2D eigenvalue weighted by Gasteiger charge is 2.17. The summed E-state index contributed by atoms with van der Waals surface area (Å²) >= 11 is 3.34. The molecule has 1 aliphatic carbocycles. The number of rotatable bonds is 3. The third-order valence-corrected chi connectivity index (χ3v) is 3.93. The topological polar surface area (TPSA) is 24.9 Å². The maximum absolute atomic E-state index is 4.21. The molecule has 0 aliphatic heterocycles. The van der Waals surface area contributed by atoms with Gasteiger partial charge in [-0.3, -0.25) is 0 Å². The highest BCUT2D eigenvalue weighted by molar-refractivity contribution is 9.10. The second-order valence-corrected chi connectivity index (χ2v) is 5.69. The van der Waals surface area contributed by atoms with Crippen LogP contribution in [0.3, 0.4) is 0 Å². The molecule has 0 saturated heterocycles. The van der Waals surface area contributed by atoms with E-state index < -0.39 is 0 Å². The summed E-state index contributed by atoms with van der Waals surface area (Å²) in [6.45, 7) is 3.46. The molecule has 88 valence electrons. The van der Waals surface area contributed by atoms with Crippen LogP contribution in [0.1, 0.15) is 32.6 Å². The van der Waals surface area contributed by atoms with Crippen LogP contribution in [0.15, 0.2) is 22.9 Å². The SMILES string of the molecule is CC1CCC(CNc2ccc(Br)nc2)CC1. The first-order chi connectivity index (χ1) is 7.74. The van der Waals surface area contributed by atoms with Gasteiger partial charge in [-0.15, -0.1) is 0 Å². The Bertz CT molecular complexity index is 315. The summed E-state index contributed by atoms with van der Waals surface area (Å²) in [5.41, 5.74) is 1.13. The monoisotopic (exact) mass is 282 g/mol. The molecule has 0 radical (unpaired) electrons. The van der Waals surface area contributed by atoms with E-state index in [0.29, 0.717) is 0 Å². The highest BCUT2D eigenvalue weighted by Crippen LogP contribution is 2.28. The van der Waals surface area contributed by atoms with E-state index in [2.05, 4.69) is 39.2 Å². The lowest BCUT2D eigenvalue weighted by molar-refractivity contribution is 0.300. The smallest absolute Gasteiger partial charge is 0.106 e. The van der Waals surface area contributed by atoms with Crippen LogP contribution in [0.4, 0.5) is 5.69 Å². The first-order valence-electron chi connectivity index (χ1n) is 6.09. The minimum atomic E-state index is 0.847. The number of nitrogens with zero attached hydrogens (tertiary/aromatic N) is 1. The molecule has 0 unspecified atom stereocenters. The molecular weight excluding hydrogens is 264 g/mol. The Morgan fingerprint density at radius 2 is 2.06 bits per heavy atom. The molecule has 0 bridgehead atoms. The van der Waals surface area contributed by atoms with E-state index in [1.807, 2.05) is 12.3 Å². The van der Waals surface area contributed by atoms with Gasteiger partial charge in [0.05, 0.1) is 11.9 Å². The van der Waals surface area contributed by atoms with Crippen molar-refractivity contribution in [2.45, 2.75) is 32.6 Å². The lowest BCUT2D eigenvalue weighted by Gasteiger charge is -2.26. The molecule has 1 aliphatic rings. The number of aromatic nitrogens is 1. The normalized spacial score (nSPS) is 25.4. The Morgan fingerprint density at radius 1 is 1.31 bits per heavy atom. The van der Waals surface area contributed by atoms with E-state index in [1.54, 1.807) is 0 Å². The van der Waals surface area contributed by atoms with Gasteiger partial charge in [-0.25, -0.2) is 4.98 Å². The fourth-order valence-corrected chi connectivity index (χ4v) is 2.51. The fraction of sp³-hybridized carbons (Fsp3) is 0.615. The molecule has 1 aromatic heterocycles. The van der Waals surface area contributed by atoms with Crippen molar-refractivity contribution < 1.29 is 0 Å². The number of nitrogens with one attached hydrogen (secondary N) is 1. The molecule has 1 fully saturated rings. The Balaban J connectivity index is 1.77. The van der Waals surface area contributed by atoms with E-state index in [4.69, 9.17) is 0 Å². The zero-order valence-electron chi connectivity index (χ0n) is 9.75. The zero-order chi connectivity index (χ0) is 11.4. The van der Waals surface area contributed by atoms with Crippen molar-refractivity contribution in [3.8, 4) is 0 Å². The predicted molar refractivity (Wildman–Crippen MR) is 71.5 cm³/mol. The second-order valence-electron chi connectivity index (χ2n) is 4.88. The summed E-state index contributed by atoms with van der Waals surface area (Å²) in [7, 11) is 0. The van der Waals surface area contributed by atoms with E-state index in [-0.39, 0.29) is 0 Å². The summed E-state index contributed by atoms with van der Waals surface area (Å²) in [6.07, 6.45) is 7.42. The summed E-state index contributed by atoms with van der Waals surface area (Å²) in [6, 6.07) is 4.05. The van der Waals surface area contributed by atoms with Crippen molar-refractivity contribution in [1.29, 1.82) is 0 Å². The van der Waals surface area contributed by atoms with Gasteiger partial charge in [0.15, 0.2) is 0 Å². The van der Waals surface area contributed by atoms with Crippen LogP contribution in [0.25, 0.3) is 0 Å². The minimum absolute atomic E-state index is 0.847. The Hall–Kier alpha value is -0.570. The van der Waals surface area contributed by atoms with E-state index >= 15 is 0 Å². The minimum Gasteiger partial charge on any atom is -0.384 e. The second kappa shape index (κ2) is 5.67. The molecule has 1 aromatic rings. The number of pyridine rings is 1. The van der Waals surface area contributed by atoms with Gasteiger partial charge < -0.3 is 5.32 Å².